The minimum Gasteiger partial charge on any atom is -0.493 e. The number of fused-ring (bicyclic) bond motifs is 1. The van der Waals surface area contributed by atoms with Crippen molar-refractivity contribution >= 4 is 33.1 Å². The molecule has 1 aromatic heterocycles. The summed E-state index contributed by atoms with van der Waals surface area (Å²) >= 11 is 1.49. The van der Waals surface area contributed by atoms with Crippen LogP contribution in [0.1, 0.15) is 17.0 Å². The van der Waals surface area contributed by atoms with Gasteiger partial charge in [0.15, 0.2) is 5.13 Å². The molecule has 1 heterocycles. The quantitative estimate of drug-likeness (QED) is 0.759. The maximum absolute atomic E-state index is 11.9. The molecule has 4 nitrogen and oxygen atoms in total. The molecular weight excluding hydrogens is 308 g/mol. The van der Waals surface area contributed by atoms with Gasteiger partial charge in [0, 0.05) is 4.88 Å². The average Bonchev–Trinajstić information content (AvgIpc) is 2.85. The summed E-state index contributed by atoms with van der Waals surface area (Å²) in [5.74, 6) is 0.692. The molecule has 118 valence electrons. The van der Waals surface area contributed by atoms with Gasteiger partial charge in [-0.3, -0.25) is 4.79 Å². The first-order valence-electron chi connectivity index (χ1n) is 7.47. The number of ether oxygens (including phenoxy) is 1. The van der Waals surface area contributed by atoms with E-state index in [0.717, 1.165) is 21.7 Å². The van der Waals surface area contributed by atoms with E-state index >= 15 is 0 Å². The van der Waals surface area contributed by atoms with Crippen LogP contribution in [0.5, 0.6) is 5.75 Å². The number of amides is 1. The molecule has 1 N–H and O–H groups in total. The summed E-state index contributed by atoms with van der Waals surface area (Å²) in [6.07, 6.45) is 0.296. The third kappa shape index (κ3) is 3.87. The maximum atomic E-state index is 11.9. The molecule has 5 heteroatoms. The third-order valence-electron chi connectivity index (χ3n) is 3.59. The van der Waals surface area contributed by atoms with Crippen LogP contribution in [0.25, 0.3) is 10.8 Å². The van der Waals surface area contributed by atoms with Crippen LogP contribution < -0.4 is 10.1 Å². The van der Waals surface area contributed by atoms with Crippen molar-refractivity contribution in [3.05, 3.63) is 53.0 Å². The fourth-order valence-corrected chi connectivity index (χ4v) is 3.06. The third-order valence-corrected chi connectivity index (χ3v) is 4.58. The van der Waals surface area contributed by atoms with Crippen LogP contribution in [0.4, 0.5) is 5.13 Å². The molecular formula is C18H18N2O2S. The van der Waals surface area contributed by atoms with E-state index in [2.05, 4.69) is 16.4 Å². The molecule has 0 aliphatic heterocycles. The summed E-state index contributed by atoms with van der Waals surface area (Å²) < 4.78 is 5.67. The lowest BCUT2D eigenvalue weighted by Crippen LogP contribution is -2.15. The van der Waals surface area contributed by atoms with Gasteiger partial charge >= 0.3 is 0 Å². The van der Waals surface area contributed by atoms with E-state index in [1.807, 2.05) is 50.2 Å². The van der Waals surface area contributed by atoms with E-state index in [1.54, 1.807) is 0 Å². The second kappa shape index (κ2) is 6.79. The number of anilines is 1. The van der Waals surface area contributed by atoms with E-state index in [4.69, 9.17) is 4.74 Å². The van der Waals surface area contributed by atoms with E-state index in [-0.39, 0.29) is 5.91 Å². The zero-order valence-corrected chi connectivity index (χ0v) is 13.9. The van der Waals surface area contributed by atoms with E-state index < -0.39 is 0 Å². The number of carbonyl (C=O) groups is 1. The molecule has 0 atom stereocenters. The van der Waals surface area contributed by atoms with Gasteiger partial charge in [0.05, 0.1) is 18.7 Å². The van der Waals surface area contributed by atoms with Gasteiger partial charge in [-0.2, -0.15) is 0 Å². The molecule has 0 bridgehead atoms. The highest BCUT2D eigenvalue weighted by molar-refractivity contribution is 7.15. The Bertz CT molecular complexity index is 822. The molecule has 3 rings (SSSR count). The van der Waals surface area contributed by atoms with Gasteiger partial charge in [-0.15, -0.1) is 11.3 Å². The Morgan fingerprint density at radius 1 is 1.17 bits per heavy atom. The Morgan fingerprint density at radius 2 is 1.96 bits per heavy atom. The first-order chi connectivity index (χ1) is 11.1. The first-order valence-corrected chi connectivity index (χ1v) is 8.29. The lowest BCUT2D eigenvalue weighted by atomic mass is 10.1. The SMILES string of the molecule is Cc1nc(NC(=O)CCOc2ccc3ccccc3c2)sc1C. The summed E-state index contributed by atoms with van der Waals surface area (Å²) in [7, 11) is 0. The monoisotopic (exact) mass is 326 g/mol. The van der Waals surface area contributed by atoms with Crippen molar-refractivity contribution in [3.8, 4) is 5.75 Å². The fourth-order valence-electron chi connectivity index (χ4n) is 2.23. The summed E-state index contributed by atoms with van der Waals surface area (Å²) in [6, 6.07) is 14.0. The molecule has 3 aromatic rings. The van der Waals surface area contributed by atoms with Crippen LogP contribution in [-0.2, 0) is 4.79 Å². The van der Waals surface area contributed by atoms with Crippen molar-refractivity contribution in [3.63, 3.8) is 0 Å². The largest absolute Gasteiger partial charge is 0.493 e. The van der Waals surface area contributed by atoms with Crippen molar-refractivity contribution in [2.24, 2.45) is 0 Å². The number of thiazole rings is 1. The predicted octanol–water partition coefficient (Wildman–Crippen LogP) is 4.32. The van der Waals surface area contributed by atoms with Crippen LogP contribution in [0.3, 0.4) is 0 Å². The topological polar surface area (TPSA) is 51.2 Å². The number of hydrogen-bond acceptors (Lipinski definition) is 4. The summed E-state index contributed by atoms with van der Waals surface area (Å²) in [4.78, 5) is 17.3. The number of benzene rings is 2. The second-order valence-electron chi connectivity index (χ2n) is 5.32. The molecule has 23 heavy (non-hydrogen) atoms. The smallest absolute Gasteiger partial charge is 0.229 e. The van der Waals surface area contributed by atoms with Gasteiger partial charge < -0.3 is 10.1 Å². The van der Waals surface area contributed by atoms with Crippen LogP contribution >= 0.6 is 11.3 Å². The lowest BCUT2D eigenvalue weighted by Gasteiger charge is -2.07. The Morgan fingerprint density at radius 3 is 2.70 bits per heavy atom. The maximum Gasteiger partial charge on any atom is 0.229 e. The van der Waals surface area contributed by atoms with Gasteiger partial charge in [0.1, 0.15) is 5.75 Å². The van der Waals surface area contributed by atoms with Crippen molar-refractivity contribution in [2.45, 2.75) is 20.3 Å². The number of nitrogens with one attached hydrogen (secondary N) is 1. The Hall–Kier alpha value is -2.40. The number of aromatic nitrogens is 1. The molecule has 0 aliphatic carbocycles. The van der Waals surface area contributed by atoms with Crippen LogP contribution in [-0.4, -0.2) is 17.5 Å². The van der Waals surface area contributed by atoms with Crippen molar-refractivity contribution < 1.29 is 9.53 Å². The number of aryl methyl sites for hydroxylation is 2. The standard InChI is InChI=1S/C18H18N2O2S/c1-12-13(2)23-18(19-12)20-17(21)9-10-22-16-8-7-14-5-3-4-6-15(14)11-16/h3-8,11H,9-10H2,1-2H3,(H,19,20,21). The van der Waals surface area contributed by atoms with Gasteiger partial charge in [0.25, 0.3) is 0 Å². The molecule has 0 aliphatic rings. The van der Waals surface area contributed by atoms with Crippen molar-refractivity contribution in [1.29, 1.82) is 0 Å². The average molecular weight is 326 g/mol. The molecule has 0 saturated carbocycles. The molecule has 0 spiro atoms. The summed E-state index contributed by atoms with van der Waals surface area (Å²) in [5, 5.41) is 5.76. The number of carbonyl (C=O) groups excluding carboxylic acids is 1. The molecule has 0 radical (unpaired) electrons. The van der Waals surface area contributed by atoms with Gasteiger partial charge in [0.2, 0.25) is 5.91 Å². The highest BCUT2D eigenvalue weighted by Gasteiger charge is 2.08. The molecule has 0 saturated heterocycles. The summed E-state index contributed by atoms with van der Waals surface area (Å²) in [6.45, 7) is 4.27. The Labute approximate surface area is 139 Å². The summed E-state index contributed by atoms with van der Waals surface area (Å²) in [5.41, 5.74) is 0.956. The number of nitrogens with zero attached hydrogens (tertiary/aromatic N) is 1. The zero-order valence-electron chi connectivity index (χ0n) is 13.1. The van der Waals surface area contributed by atoms with E-state index in [1.165, 1.54) is 16.7 Å². The molecule has 0 fully saturated rings. The fraction of sp³-hybridized carbons (Fsp3) is 0.222. The predicted molar refractivity (Wildman–Crippen MR) is 94.3 cm³/mol. The highest BCUT2D eigenvalue weighted by atomic mass is 32.1. The molecule has 2 aromatic carbocycles. The van der Waals surface area contributed by atoms with Crippen molar-refractivity contribution in [2.75, 3.05) is 11.9 Å². The normalized spacial score (nSPS) is 10.7. The minimum absolute atomic E-state index is 0.0838. The van der Waals surface area contributed by atoms with Crippen LogP contribution in [0, 0.1) is 13.8 Å². The number of rotatable bonds is 5. The lowest BCUT2D eigenvalue weighted by molar-refractivity contribution is -0.116. The van der Waals surface area contributed by atoms with Gasteiger partial charge in [-0.1, -0.05) is 30.3 Å². The van der Waals surface area contributed by atoms with Gasteiger partial charge in [-0.25, -0.2) is 4.98 Å². The van der Waals surface area contributed by atoms with Crippen LogP contribution in [0.2, 0.25) is 0 Å². The van der Waals surface area contributed by atoms with Crippen molar-refractivity contribution in [1.82, 2.24) is 4.98 Å². The first kappa shape index (κ1) is 15.5. The second-order valence-corrected chi connectivity index (χ2v) is 6.52. The zero-order chi connectivity index (χ0) is 16.2. The van der Waals surface area contributed by atoms with Gasteiger partial charge in [-0.05, 0) is 36.8 Å². The highest BCUT2D eigenvalue weighted by Crippen LogP contribution is 2.22. The Kier molecular flexibility index (Phi) is 4.57. The minimum atomic E-state index is -0.0838. The molecule has 1 amide bonds. The number of hydrogen-bond donors (Lipinski definition) is 1. The van der Waals surface area contributed by atoms with E-state index in [0.29, 0.717) is 18.2 Å². The molecule has 0 unspecified atom stereocenters. The van der Waals surface area contributed by atoms with Crippen LogP contribution in [0.15, 0.2) is 42.5 Å². The van der Waals surface area contributed by atoms with E-state index in [9.17, 15) is 4.79 Å². The Balaban J connectivity index is 1.52.